The van der Waals surface area contributed by atoms with Crippen molar-refractivity contribution in [2.45, 2.75) is 26.2 Å². The van der Waals surface area contributed by atoms with Gasteiger partial charge in [-0.15, -0.1) is 11.3 Å². The van der Waals surface area contributed by atoms with Crippen LogP contribution in [-0.2, 0) is 16.0 Å². The van der Waals surface area contributed by atoms with Gasteiger partial charge in [0, 0.05) is 38.0 Å². The molecule has 2 heterocycles. The summed E-state index contributed by atoms with van der Waals surface area (Å²) in [7, 11) is 1.64. The molecule has 1 fully saturated rings. The molecule has 0 bridgehead atoms. The van der Waals surface area contributed by atoms with E-state index in [9.17, 15) is 9.59 Å². The zero-order valence-corrected chi connectivity index (χ0v) is 17.8. The molecule has 1 saturated heterocycles. The highest BCUT2D eigenvalue weighted by Gasteiger charge is 2.20. The minimum atomic E-state index is -0.0568. The van der Waals surface area contributed by atoms with Crippen LogP contribution >= 0.6 is 11.3 Å². The molecule has 1 aromatic carbocycles. The second-order valence-corrected chi connectivity index (χ2v) is 8.06. The number of amides is 2. The lowest BCUT2D eigenvalue weighted by atomic mass is 10.1. The average Bonchev–Trinajstić information content (AvgIpc) is 2.98. The molecular formula is C21H28N4O3S. The number of nitrogens with one attached hydrogen (secondary N) is 1. The van der Waals surface area contributed by atoms with E-state index < -0.39 is 0 Å². The smallest absolute Gasteiger partial charge is 0.240 e. The molecule has 0 unspecified atom stereocenters. The lowest BCUT2D eigenvalue weighted by molar-refractivity contribution is -0.131. The molecule has 1 N–H and O–H groups in total. The summed E-state index contributed by atoms with van der Waals surface area (Å²) in [6, 6.07) is 7.83. The zero-order valence-electron chi connectivity index (χ0n) is 17.0. The number of nitrogens with zero attached hydrogens (tertiary/aromatic N) is 3. The van der Waals surface area contributed by atoms with E-state index in [-0.39, 0.29) is 11.8 Å². The summed E-state index contributed by atoms with van der Waals surface area (Å²) in [4.78, 5) is 33.2. The van der Waals surface area contributed by atoms with E-state index in [2.05, 4.69) is 15.2 Å². The lowest BCUT2D eigenvalue weighted by Crippen LogP contribution is -2.38. The molecule has 29 heavy (non-hydrogen) atoms. The maximum absolute atomic E-state index is 12.6. The van der Waals surface area contributed by atoms with Crippen molar-refractivity contribution in [3.63, 3.8) is 0 Å². The number of aryl methyl sites for hydroxylation is 2. The Balaban J connectivity index is 1.42. The molecule has 7 nitrogen and oxygen atoms in total. The summed E-state index contributed by atoms with van der Waals surface area (Å²) < 4.78 is 5.16. The molecular weight excluding hydrogens is 388 g/mol. The summed E-state index contributed by atoms with van der Waals surface area (Å²) in [5.74, 6) is 0.936. The van der Waals surface area contributed by atoms with Crippen LogP contribution in [0.25, 0.3) is 0 Å². The van der Waals surface area contributed by atoms with Crippen LogP contribution in [-0.4, -0.2) is 66.4 Å². The molecule has 0 atom stereocenters. The summed E-state index contributed by atoms with van der Waals surface area (Å²) in [6.07, 6.45) is 2.09. The van der Waals surface area contributed by atoms with Gasteiger partial charge in [0.05, 0.1) is 19.3 Å². The average molecular weight is 417 g/mol. The van der Waals surface area contributed by atoms with Crippen molar-refractivity contribution in [1.29, 1.82) is 0 Å². The minimum absolute atomic E-state index is 0.0568. The van der Waals surface area contributed by atoms with Crippen molar-refractivity contribution in [1.82, 2.24) is 14.8 Å². The first-order valence-electron chi connectivity index (χ1n) is 9.88. The molecule has 8 heteroatoms. The molecule has 156 valence electrons. The van der Waals surface area contributed by atoms with Crippen LogP contribution in [0.1, 0.15) is 24.1 Å². The van der Waals surface area contributed by atoms with Crippen LogP contribution in [0.15, 0.2) is 29.6 Å². The van der Waals surface area contributed by atoms with Gasteiger partial charge in [-0.05, 0) is 37.5 Å². The van der Waals surface area contributed by atoms with E-state index >= 15 is 0 Å². The molecule has 0 saturated carbocycles. The Morgan fingerprint density at radius 2 is 1.97 bits per heavy atom. The molecule has 0 aliphatic carbocycles. The van der Waals surface area contributed by atoms with Crippen molar-refractivity contribution in [2.24, 2.45) is 0 Å². The van der Waals surface area contributed by atoms with E-state index in [1.165, 1.54) is 11.3 Å². The van der Waals surface area contributed by atoms with Gasteiger partial charge in [-0.3, -0.25) is 14.5 Å². The third kappa shape index (κ3) is 6.54. The Labute approximate surface area is 175 Å². The fraction of sp³-hybridized carbons (Fsp3) is 0.476. The maximum Gasteiger partial charge on any atom is 0.240 e. The fourth-order valence-electron chi connectivity index (χ4n) is 3.35. The number of carbonyl (C=O) groups is 2. The van der Waals surface area contributed by atoms with Gasteiger partial charge < -0.3 is 15.0 Å². The second kappa shape index (κ2) is 10.4. The van der Waals surface area contributed by atoms with E-state index in [0.717, 1.165) is 42.9 Å². The Morgan fingerprint density at radius 1 is 1.17 bits per heavy atom. The van der Waals surface area contributed by atoms with Gasteiger partial charge in [0.25, 0.3) is 0 Å². The van der Waals surface area contributed by atoms with Crippen LogP contribution in [0.2, 0.25) is 0 Å². The van der Waals surface area contributed by atoms with Crippen LogP contribution in [0, 0.1) is 6.92 Å². The molecule has 3 rings (SSSR count). The number of ether oxygens (including phenoxy) is 1. The van der Waals surface area contributed by atoms with E-state index in [4.69, 9.17) is 4.74 Å². The van der Waals surface area contributed by atoms with Crippen LogP contribution in [0.3, 0.4) is 0 Å². The monoisotopic (exact) mass is 416 g/mol. The second-order valence-electron chi connectivity index (χ2n) is 7.20. The number of hydrogen-bond donors (Lipinski definition) is 1. The summed E-state index contributed by atoms with van der Waals surface area (Å²) in [5.41, 5.74) is 2.04. The van der Waals surface area contributed by atoms with Gasteiger partial charge in [0.15, 0.2) is 5.13 Å². The number of hydrogen-bond acceptors (Lipinski definition) is 6. The summed E-state index contributed by atoms with van der Waals surface area (Å²) in [5, 5.41) is 5.40. The first-order chi connectivity index (χ1) is 14.0. The van der Waals surface area contributed by atoms with Crippen molar-refractivity contribution < 1.29 is 14.3 Å². The zero-order chi connectivity index (χ0) is 20.6. The predicted octanol–water partition coefficient (Wildman–Crippen LogP) is 2.57. The normalized spacial score (nSPS) is 15.0. The first kappa shape index (κ1) is 21.3. The topological polar surface area (TPSA) is 74.8 Å². The predicted molar refractivity (Wildman–Crippen MR) is 114 cm³/mol. The number of benzene rings is 1. The number of anilines is 1. The largest absolute Gasteiger partial charge is 0.497 e. The van der Waals surface area contributed by atoms with Crippen LogP contribution < -0.4 is 10.1 Å². The number of aromatic nitrogens is 1. The van der Waals surface area contributed by atoms with Crippen LogP contribution in [0.4, 0.5) is 5.13 Å². The lowest BCUT2D eigenvalue weighted by Gasteiger charge is -2.21. The number of rotatable bonds is 7. The molecule has 2 aromatic rings. The van der Waals surface area contributed by atoms with E-state index in [0.29, 0.717) is 31.2 Å². The van der Waals surface area contributed by atoms with E-state index in [1.807, 2.05) is 41.5 Å². The van der Waals surface area contributed by atoms with Gasteiger partial charge >= 0.3 is 0 Å². The third-order valence-electron chi connectivity index (χ3n) is 4.96. The van der Waals surface area contributed by atoms with Crippen molar-refractivity contribution in [3.8, 4) is 5.75 Å². The molecule has 1 aromatic heterocycles. The molecule has 1 aliphatic heterocycles. The summed E-state index contributed by atoms with van der Waals surface area (Å²) in [6.45, 7) is 5.15. The van der Waals surface area contributed by atoms with Crippen molar-refractivity contribution >= 4 is 28.3 Å². The highest BCUT2D eigenvalue weighted by molar-refractivity contribution is 7.13. The molecule has 1 aliphatic rings. The summed E-state index contributed by atoms with van der Waals surface area (Å²) >= 11 is 1.43. The van der Waals surface area contributed by atoms with Gasteiger partial charge in [-0.1, -0.05) is 12.1 Å². The standard InChI is InChI=1S/C21H28N4O3S/c1-16-15-29-21(22-16)23-19(26)14-24-10-3-11-25(13-12-24)20(27)9-6-17-4-7-18(28-2)8-5-17/h4-5,7-8,15H,3,6,9-14H2,1-2H3,(H,22,23,26). The van der Waals surface area contributed by atoms with Crippen LogP contribution in [0.5, 0.6) is 5.75 Å². The quantitative estimate of drug-likeness (QED) is 0.751. The third-order valence-corrected chi connectivity index (χ3v) is 5.84. The van der Waals surface area contributed by atoms with Crippen molar-refractivity contribution in [2.75, 3.05) is 45.2 Å². The highest BCUT2D eigenvalue weighted by Crippen LogP contribution is 2.15. The highest BCUT2D eigenvalue weighted by atomic mass is 32.1. The Morgan fingerprint density at radius 3 is 2.66 bits per heavy atom. The minimum Gasteiger partial charge on any atom is -0.497 e. The number of methoxy groups -OCH3 is 1. The van der Waals surface area contributed by atoms with Gasteiger partial charge in [-0.2, -0.15) is 0 Å². The van der Waals surface area contributed by atoms with Gasteiger partial charge in [0.2, 0.25) is 11.8 Å². The maximum atomic E-state index is 12.6. The molecule has 0 radical (unpaired) electrons. The van der Waals surface area contributed by atoms with Gasteiger partial charge in [0.1, 0.15) is 5.75 Å². The first-order valence-corrected chi connectivity index (χ1v) is 10.8. The SMILES string of the molecule is COc1ccc(CCC(=O)N2CCCN(CC(=O)Nc3nc(C)cs3)CC2)cc1. The number of carbonyl (C=O) groups excluding carboxylic acids is 2. The Kier molecular flexibility index (Phi) is 7.60. The molecule has 2 amide bonds. The number of thiazole rings is 1. The van der Waals surface area contributed by atoms with Crippen molar-refractivity contribution in [3.05, 3.63) is 40.9 Å². The van der Waals surface area contributed by atoms with Gasteiger partial charge in [-0.25, -0.2) is 4.98 Å². The Hall–Kier alpha value is -2.45. The Bertz CT molecular complexity index is 822. The molecule has 0 spiro atoms. The fourth-order valence-corrected chi connectivity index (χ4v) is 4.06. The van der Waals surface area contributed by atoms with E-state index in [1.54, 1.807) is 7.11 Å².